The zero-order valence-electron chi connectivity index (χ0n) is 11.6. The highest BCUT2D eigenvalue weighted by molar-refractivity contribution is 5.94. The molecule has 0 aromatic heterocycles. The summed E-state index contributed by atoms with van der Waals surface area (Å²) in [5.41, 5.74) is 0.534. The predicted octanol–water partition coefficient (Wildman–Crippen LogP) is 2.56. The van der Waals surface area contributed by atoms with Crippen LogP contribution < -0.4 is 5.32 Å². The Morgan fingerprint density at radius 3 is 2.40 bits per heavy atom. The number of nitrogens with one attached hydrogen (secondary N) is 1. The molecule has 2 amide bonds. The smallest absolute Gasteiger partial charge is 0.244 e. The molecule has 1 saturated carbocycles. The van der Waals surface area contributed by atoms with Gasteiger partial charge in [-0.1, -0.05) is 12.8 Å². The first-order valence-corrected chi connectivity index (χ1v) is 6.89. The van der Waals surface area contributed by atoms with E-state index in [0.29, 0.717) is 5.69 Å². The number of benzene rings is 1. The van der Waals surface area contributed by atoms with Gasteiger partial charge in [-0.05, 0) is 37.1 Å². The SMILES string of the molecule is CC(=O)N(CC(=O)Nc1ccc(F)cc1)C1CCCC1. The summed E-state index contributed by atoms with van der Waals surface area (Å²) in [4.78, 5) is 25.3. The van der Waals surface area contributed by atoms with Crippen molar-refractivity contribution in [3.63, 3.8) is 0 Å². The lowest BCUT2D eigenvalue weighted by atomic mass is 10.2. The molecule has 0 atom stereocenters. The van der Waals surface area contributed by atoms with E-state index in [1.807, 2.05) is 0 Å². The Morgan fingerprint density at radius 1 is 1.25 bits per heavy atom. The number of anilines is 1. The summed E-state index contributed by atoms with van der Waals surface area (Å²) in [6, 6.07) is 5.75. The molecule has 0 aliphatic heterocycles. The number of hydrogen-bond donors (Lipinski definition) is 1. The third kappa shape index (κ3) is 3.79. The highest BCUT2D eigenvalue weighted by atomic mass is 19.1. The Morgan fingerprint density at radius 2 is 1.85 bits per heavy atom. The molecule has 5 heteroatoms. The van der Waals surface area contributed by atoms with Crippen molar-refractivity contribution in [2.75, 3.05) is 11.9 Å². The van der Waals surface area contributed by atoms with Gasteiger partial charge in [0.05, 0.1) is 0 Å². The number of nitrogens with zero attached hydrogens (tertiary/aromatic N) is 1. The van der Waals surface area contributed by atoms with Crippen LogP contribution in [-0.2, 0) is 9.59 Å². The monoisotopic (exact) mass is 278 g/mol. The van der Waals surface area contributed by atoms with E-state index in [1.54, 1.807) is 4.90 Å². The Kier molecular flexibility index (Phi) is 4.71. The maximum absolute atomic E-state index is 12.8. The number of hydrogen-bond acceptors (Lipinski definition) is 2. The minimum Gasteiger partial charge on any atom is -0.331 e. The Labute approximate surface area is 118 Å². The van der Waals surface area contributed by atoms with Gasteiger partial charge in [0.2, 0.25) is 11.8 Å². The topological polar surface area (TPSA) is 49.4 Å². The van der Waals surface area contributed by atoms with Gasteiger partial charge < -0.3 is 10.2 Å². The number of halogens is 1. The first-order chi connectivity index (χ1) is 9.56. The van der Waals surface area contributed by atoms with Crippen LogP contribution in [0.5, 0.6) is 0 Å². The first-order valence-electron chi connectivity index (χ1n) is 6.89. The molecule has 1 aromatic rings. The molecule has 0 bridgehead atoms. The second-order valence-electron chi connectivity index (χ2n) is 5.14. The minimum absolute atomic E-state index is 0.0530. The number of carbonyl (C=O) groups is 2. The zero-order chi connectivity index (χ0) is 14.5. The lowest BCUT2D eigenvalue weighted by molar-refractivity contribution is -0.135. The summed E-state index contributed by atoms with van der Waals surface area (Å²) < 4.78 is 12.8. The van der Waals surface area contributed by atoms with E-state index >= 15 is 0 Å². The van der Waals surface area contributed by atoms with Crippen molar-refractivity contribution in [3.05, 3.63) is 30.1 Å². The summed E-state index contributed by atoms with van der Waals surface area (Å²) in [7, 11) is 0. The zero-order valence-corrected chi connectivity index (χ0v) is 11.6. The Balaban J connectivity index is 1.94. The number of amides is 2. The summed E-state index contributed by atoms with van der Waals surface area (Å²) in [6.07, 6.45) is 4.13. The van der Waals surface area contributed by atoms with Gasteiger partial charge in [-0.15, -0.1) is 0 Å². The molecule has 1 N–H and O–H groups in total. The molecule has 0 radical (unpaired) electrons. The highest BCUT2D eigenvalue weighted by Crippen LogP contribution is 2.23. The van der Waals surface area contributed by atoms with Gasteiger partial charge in [-0.2, -0.15) is 0 Å². The van der Waals surface area contributed by atoms with E-state index in [0.717, 1.165) is 25.7 Å². The number of rotatable bonds is 4. The van der Waals surface area contributed by atoms with Crippen molar-refractivity contribution < 1.29 is 14.0 Å². The Bertz CT molecular complexity index is 481. The fourth-order valence-electron chi connectivity index (χ4n) is 2.60. The molecule has 1 aliphatic carbocycles. The van der Waals surface area contributed by atoms with Gasteiger partial charge in [0, 0.05) is 18.7 Å². The molecule has 0 heterocycles. The van der Waals surface area contributed by atoms with Crippen LogP contribution in [0.15, 0.2) is 24.3 Å². The van der Waals surface area contributed by atoms with Gasteiger partial charge in [-0.3, -0.25) is 9.59 Å². The van der Waals surface area contributed by atoms with E-state index < -0.39 is 0 Å². The van der Waals surface area contributed by atoms with Crippen LogP contribution in [0.3, 0.4) is 0 Å². The van der Waals surface area contributed by atoms with E-state index in [9.17, 15) is 14.0 Å². The first kappa shape index (κ1) is 14.5. The van der Waals surface area contributed by atoms with Gasteiger partial charge in [0.25, 0.3) is 0 Å². The quantitative estimate of drug-likeness (QED) is 0.920. The van der Waals surface area contributed by atoms with Crippen molar-refractivity contribution in [2.45, 2.75) is 38.6 Å². The summed E-state index contributed by atoms with van der Waals surface area (Å²) in [5, 5.41) is 2.68. The van der Waals surface area contributed by atoms with Gasteiger partial charge in [0.15, 0.2) is 0 Å². The van der Waals surface area contributed by atoms with Crippen molar-refractivity contribution in [2.24, 2.45) is 0 Å². The van der Waals surface area contributed by atoms with Gasteiger partial charge >= 0.3 is 0 Å². The molecule has 108 valence electrons. The number of carbonyl (C=O) groups excluding carboxylic acids is 2. The standard InChI is InChI=1S/C15H19FN2O2/c1-11(19)18(14-4-2-3-5-14)10-15(20)17-13-8-6-12(16)7-9-13/h6-9,14H,2-5,10H2,1H3,(H,17,20). The van der Waals surface area contributed by atoms with Crippen molar-refractivity contribution in [3.8, 4) is 0 Å². The van der Waals surface area contributed by atoms with Crippen LogP contribution in [-0.4, -0.2) is 29.3 Å². The fourth-order valence-corrected chi connectivity index (χ4v) is 2.60. The normalized spacial score (nSPS) is 15.1. The molecule has 4 nitrogen and oxygen atoms in total. The van der Waals surface area contributed by atoms with Crippen LogP contribution in [0.4, 0.5) is 10.1 Å². The second kappa shape index (κ2) is 6.50. The van der Waals surface area contributed by atoms with Crippen molar-refractivity contribution in [1.29, 1.82) is 0 Å². The third-order valence-corrected chi connectivity index (χ3v) is 3.61. The fraction of sp³-hybridized carbons (Fsp3) is 0.467. The largest absolute Gasteiger partial charge is 0.331 e. The molecule has 0 saturated heterocycles. The molecular weight excluding hydrogens is 259 g/mol. The lowest BCUT2D eigenvalue weighted by Crippen LogP contribution is -2.42. The molecule has 2 rings (SSSR count). The predicted molar refractivity (Wildman–Crippen MR) is 74.7 cm³/mol. The maximum atomic E-state index is 12.8. The van der Waals surface area contributed by atoms with Gasteiger partial charge in [0.1, 0.15) is 12.4 Å². The van der Waals surface area contributed by atoms with Crippen LogP contribution in [0.25, 0.3) is 0 Å². The summed E-state index contributed by atoms with van der Waals surface area (Å²) >= 11 is 0. The summed E-state index contributed by atoms with van der Waals surface area (Å²) in [5.74, 6) is -0.677. The second-order valence-corrected chi connectivity index (χ2v) is 5.14. The van der Waals surface area contributed by atoms with E-state index in [-0.39, 0.29) is 30.2 Å². The Hall–Kier alpha value is -1.91. The molecule has 1 aliphatic rings. The highest BCUT2D eigenvalue weighted by Gasteiger charge is 2.26. The van der Waals surface area contributed by atoms with Crippen LogP contribution >= 0.6 is 0 Å². The van der Waals surface area contributed by atoms with Crippen LogP contribution in [0.2, 0.25) is 0 Å². The molecule has 20 heavy (non-hydrogen) atoms. The molecule has 1 aromatic carbocycles. The third-order valence-electron chi connectivity index (χ3n) is 3.61. The molecule has 0 unspecified atom stereocenters. The maximum Gasteiger partial charge on any atom is 0.244 e. The summed E-state index contributed by atoms with van der Waals surface area (Å²) in [6.45, 7) is 1.54. The lowest BCUT2D eigenvalue weighted by Gasteiger charge is -2.27. The molecule has 1 fully saturated rings. The van der Waals surface area contributed by atoms with E-state index in [2.05, 4.69) is 5.32 Å². The average Bonchev–Trinajstić information content (AvgIpc) is 2.92. The molecular formula is C15H19FN2O2. The van der Waals surface area contributed by atoms with Crippen LogP contribution in [0, 0.1) is 5.82 Å². The van der Waals surface area contributed by atoms with Crippen LogP contribution in [0.1, 0.15) is 32.6 Å². The minimum atomic E-state index is -0.348. The van der Waals surface area contributed by atoms with E-state index in [1.165, 1.54) is 31.2 Å². The van der Waals surface area contributed by atoms with Crippen molar-refractivity contribution in [1.82, 2.24) is 4.90 Å². The molecule has 0 spiro atoms. The van der Waals surface area contributed by atoms with Gasteiger partial charge in [-0.25, -0.2) is 4.39 Å². The van der Waals surface area contributed by atoms with Crippen molar-refractivity contribution >= 4 is 17.5 Å². The van der Waals surface area contributed by atoms with E-state index in [4.69, 9.17) is 0 Å². The average molecular weight is 278 g/mol.